The maximum Gasteiger partial charge on any atom is 0.241 e. The van der Waals surface area contributed by atoms with Gasteiger partial charge in [0.25, 0.3) is 0 Å². The van der Waals surface area contributed by atoms with Gasteiger partial charge in [0.2, 0.25) is 5.91 Å². The summed E-state index contributed by atoms with van der Waals surface area (Å²) in [5.41, 5.74) is 0. The van der Waals surface area contributed by atoms with Crippen molar-refractivity contribution in [1.82, 2.24) is 10.2 Å². The number of carbonyl (C=O) groups excluding carboxylic acids is 2. The number of nitrogens with one attached hydrogen (secondary N) is 1. The van der Waals surface area contributed by atoms with Crippen LogP contribution in [0.5, 0.6) is 0 Å². The van der Waals surface area contributed by atoms with E-state index >= 15 is 0 Å². The quantitative estimate of drug-likeness (QED) is 0.621. The van der Waals surface area contributed by atoms with Crippen molar-refractivity contribution < 1.29 is 9.59 Å². The number of Topliss-reactive ketones (excluding diaryl/α,β-unsaturated/α-hetero) is 1. The topological polar surface area (TPSA) is 49.4 Å². The van der Waals surface area contributed by atoms with Crippen LogP contribution in [0.3, 0.4) is 0 Å². The Morgan fingerprint density at radius 2 is 2.33 bits per heavy atom. The molecule has 1 aliphatic rings. The molecule has 1 fully saturated rings. The molecule has 1 N–H and O–H groups in total. The van der Waals surface area contributed by atoms with Crippen LogP contribution in [-0.2, 0) is 9.59 Å². The lowest BCUT2D eigenvalue weighted by atomic mass is 10.2. The molecule has 0 aromatic carbocycles. The third-order valence-electron chi connectivity index (χ3n) is 2.28. The molecule has 0 spiro atoms. The average Bonchev–Trinajstić information content (AvgIpc) is 2.32. The second-order valence-electron chi connectivity index (χ2n) is 3.18. The minimum absolute atomic E-state index is 0.0118. The van der Waals surface area contributed by atoms with Gasteiger partial charge in [-0.05, 0) is 20.8 Å². The van der Waals surface area contributed by atoms with Crippen LogP contribution in [0.4, 0.5) is 0 Å². The highest BCUT2D eigenvalue weighted by atomic mass is 16.2. The van der Waals surface area contributed by atoms with E-state index in [0.717, 1.165) is 0 Å². The van der Waals surface area contributed by atoms with Crippen molar-refractivity contribution in [3.8, 4) is 0 Å². The number of nitrogens with zero attached hydrogens (tertiary/aromatic N) is 1. The van der Waals surface area contributed by atoms with E-state index in [1.54, 1.807) is 18.7 Å². The first-order chi connectivity index (χ1) is 5.54. The first-order valence-corrected chi connectivity index (χ1v) is 4.08. The highest BCUT2D eigenvalue weighted by Crippen LogP contribution is 2.08. The molecule has 0 aliphatic carbocycles. The molecule has 1 aliphatic heterocycles. The molecule has 4 heteroatoms. The summed E-state index contributed by atoms with van der Waals surface area (Å²) in [6.07, 6.45) is 0. The number of carbonyl (C=O) groups is 2. The largest absolute Gasteiger partial charge is 0.319 e. The zero-order valence-corrected chi connectivity index (χ0v) is 7.63. The molecular formula is C8H14N2O2. The van der Waals surface area contributed by atoms with Gasteiger partial charge in [0, 0.05) is 0 Å². The summed E-state index contributed by atoms with van der Waals surface area (Å²) in [5, 5.41) is 2.98. The summed E-state index contributed by atoms with van der Waals surface area (Å²) in [6, 6.07) is -0.443. The Balaban J connectivity index is 2.65. The smallest absolute Gasteiger partial charge is 0.241 e. The van der Waals surface area contributed by atoms with E-state index < -0.39 is 0 Å². The molecule has 0 saturated carbocycles. The molecule has 0 aromatic heterocycles. The Morgan fingerprint density at radius 3 is 2.67 bits per heavy atom. The fourth-order valence-electron chi connectivity index (χ4n) is 1.20. The van der Waals surface area contributed by atoms with Crippen molar-refractivity contribution in [3.63, 3.8) is 0 Å². The van der Waals surface area contributed by atoms with Gasteiger partial charge in [-0.3, -0.25) is 14.9 Å². The van der Waals surface area contributed by atoms with Crippen LogP contribution in [0.2, 0.25) is 0 Å². The Bertz CT molecular complexity index is 215. The molecular weight excluding hydrogens is 156 g/mol. The Morgan fingerprint density at radius 1 is 1.75 bits per heavy atom. The first-order valence-electron chi connectivity index (χ1n) is 4.08. The highest BCUT2D eigenvalue weighted by molar-refractivity contribution is 5.90. The van der Waals surface area contributed by atoms with Gasteiger partial charge in [-0.25, -0.2) is 0 Å². The van der Waals surface area contributed by atoms with E-state index in [1.165, 1.54) is 6.92 Å². The van der Waals surface area contributed by atoms with Crippen LogP contribution in [0.15, 0.2) is 0 Å². The van der Waals surface area contributed by atoms with Crippen molar-refractivity contribution >= 4 is 11.7 Å². The van der Waals surface area contributed by atoms with Gasteiger partial charge in [-0.1, -0.05) is 0 Å². The van der Waals surface area contributed by atoms with Crippen LogP contribution >= 0.6 is 0 Å². The number of rotatable bonds is 2. The third kappa shape index (κ3) is 1.48. The molecule has 0 aromatic rings. The van der Waals surface area contributed by atoms with E-state index in [9.17, 15) is 9.59 Å². The van der Waals surface area contributed by atoms with E-state index in [1.807, 2.05) is 0 Å². The van der Waals surface area contributed by atoms with Crippen molar-refractivity contribution in [2.24, 2.45) is 0 Å². The van der Waals surface area contributed by atoms with Gasteiger partial charge in [0.15, 0.2) is 5.78 Å². The molecule has 0 radical (unpaired) electrons. The third-order valence-corrected chi connectivity index (χ3v) is 2.28. The molecule has 1 heterocycles. The zero-order chi connectivity index (χ0) is 9.30. The van der Waals surface area contributed by atoms with Gasteiger partial charge in [-0.2, -0.15) is 0 Å². The second kappa shape index (κ2) is 3.23. The molecule has 2 unspecified atom stereocenters. The SMILES string of the molecule is CC(=O)C(C)N1CNC(C)C1=O. The maximum atomic E-state index is 11.4. The van der Waals surface area contributed by atoms with Crippen LogP contribution in [0, 0.1) is 0 Å². The van der Waals surface area contributed by atoms with Gasteiger partial charge >= 0.3 is 0 Å². The number of hydrogen-bond acceptors (Lipinski definition) is 3. The van der Waals surface area contributed by atoms with Gasteiger partial charge in [0.1, 0.15) is 0 Å². The van der Waals surface area contributed by atoms with E-state index in [2.05, 4.69) is 5.32 Å². The molecule has 1 saturated heterocycles. The van der Waals surface area contributed by atoms with Gasteiger partial charge in [-0.15, -0.1) is 0 Å². The predicted octanol–water partition coefficient (Wildman–Crippen LogP) is -0.258. The molecule has 2 atom stereocenters. The summed E-state index contributed by atoms with van der Waals surface area (Å²) in [4.78, 5) is 23.9. The van der Waals surface area contributed by atoms with E-state index in [0.29, 0.717) is 6.67 Å². The fourth-order valence-corrected chi connectivity index (χ4v) is 1.20. The zero-order valence-electron chi connectivity index (χ0n) is 7.63. The van der Waals surface area contributed by atoms with Crippen molar-refractivity contribution in [2.45, 2.75) is 32.9 Å². The Hall–Kier alpha value is -0.900. The maximum absolute atomic E-state index is 11.4. The predicted molar refractivity (Wildman–Crippen MR) is 44.5 cm³/mol. The minimum Gasteiger partial charge on any atom is -0.319 e. The lowest BCUT2D eigenvalue weighted by Gasteiger charge is -2.20. The van der Waals surface area contributed by atoms with Crippen LogP contribution in [0.1, 0.15) is 20.8 Å². The summed E-state index contributed by atoms with van der Waals surface area (Å²) >= 11 is 0. The van der Waals surface area contributed by atoms with Crippen molar-refractivity contribution in [3.05, 3.63) is 0 Å². The number of amides is 1. The van der Waals surface area contributed by atoms with Crippen LogP contribution in [-0.4, -0.2) is 35.3 Å². The van der Waals surface area contributed by atoms with Crippen LogP contribution in [0.25, 0.3) is 0 Å². The molecule has 0 bridgehead atoms. The van der Waals surface area contributed by atoms with Gasteiger partial charge in [0.05, 0.1) is 18.8 Å². The number of hydrogen-bond donors (Lipinski definition) is 1. The lowest BCUT2D eigenvalue weighted by molar-refractivity contribution is -0.135. The van der Waals surface area contributed by atoms with E-state index in [-0.39, 0.29) is 23.8 Å². The van der Waals surface area contributed by atoms with Crippen molar-refractivity contribution in [2.75, 3.05) is 6.67 Å². The first kappa shape index (κ1) is 9.19. The Labute approximate surface area is 71.9 Å². The molecule has 12 heavy (non-hydrogen) atoms. The molecule has 1 amide bonds. The Kier molecular flexibility index (Phi) is 2.47. The molecule has 68 valence electrons. The minimum atomic E-state index is -0.296. The second-order valence-corrected chi connectivity index (χ2v) is 3.18. The highest BCUT2D eigenvalue weighted by Gasteiger charge is 2.32. The van der Waals surface area contributed by atoms with E-state index in [4.69, 9.17) is 0 Å². The molecule has 4 nitrogen and oxygen atoms in total. The summed E-state index contributed by atoms with van der Waals surface area (Å²) < 4.78 is 0. The monoisotopic (exact) mass is 170 g/mol. The lowest BCUT2D eigenvalue weighted by Crippen LogP contribution is -2.40. The normalized spacial score (nSPS) is 26.1. The van der Waals surface area contributed by atoms with Crippen molar-refractivity contribution in [1.29, 1.82) is 0 Å². The number of ketones is 1. The standard InChI is InChI=1S/C8H14N2O2/c1-5-8(12)10(4-9-5)6(2)7(3)11/h5-6,9H,4H2,1-3H3. The molecule has 1 rings (SSSR count). The summed E-state index contributed by atoms with van der Waals surface area (Å²) in [5.74, 6) is 0.0388. The van der Waals surface area contributed by atoms with Crippen LogP contribution < -0.4 is 5.32 Å². The summed E-state index contributed by atoms with van der Waals surface area (Å²) in [7, 11) is 0. The van der Waals surface area contributed by atoms with Gasteiger partial charge < -0.3 is 4.90 Å². The fraction of sp³-hybridized carbons (Fsp3) is 0.750. The summed E-state index contributed by atoms with van der Waals surface area (Å²) in [6.45, 7) is 5.54. The average molecular weight is 170 g/mol.